The van der Waals surface area contributed by atoms with E-state index < -0.39 is 0 Å². The lowest BCUT2D eigenvalue weighted by atomic mass is 10.1. The minimum atomic E-state index is -0.292. The van der Waals surface area contributed by atoms with E-state index in [4.69, 9.17) is 14.6 Å². The van der Waals surface area contributed by atoms with Crippen molar-refractivity contribution in [3.05, 3.63) is 71.9 Å². The van der Waals surface area contributed by atoms with Crippen molar-refractivity contribution in [1.29, 1.82) is 5.26 Å². The number of morpholine rings is 1. The van der Waals surface area contributed by atoms with Crippen LogP contribution in [-0.2, 0) is 9.53 Å². The fourth-order valence-corrected chi connectivity index (χ4v) is 3.62. The van der Waals surface area contributed by atoms with E-state index in [-0.39, 0.29) is 11.5 Å². The van der Waals surface area contributed by atoms with Crippen LogP contribution in [0.15, 0.2) is 66.4 Å². The molecule has 1 saturated heterocycles. The molecule has 1 aliphatic rings. The van der Waals surface area contributed by atoms with Gasteiger partial charge in [0.05, 0.1) is 25.5 Å². The Labute approximate surface area is 193 Å². The van der Waals surface area contributed by atoms with Crippen LogP contribution in [0.3, 0.4) is 0 Å². The number of nitriles is 1. The van der Waals surface area contributed by atoms with Crippen molar-refractivity contribution in [1.82, 2.24) is 14.7 Å². The highest BCUT2D eigenvalue weighted by molar-refractivity contribution is 6.02. The smallest absolute Gasteiger partial charge is 0.264 e. The fourth-order valence-electron chi connectivity index (χ4n) is 3.62. The topological polar surface area (TPSA) is 80.4 Å². The van der Waals surface area contributed by atoms with Gasteiger partial charge in [-0.3, -0.25) is 4.79 Å². The highest BCUT2D eigenvalue weighted by Gasteiger charge is 2.22. The molecule has 1 aliphatic heterocycles. The van der Waals surface area contributed by atoms with E-state index in [1.54, 1.807) is 15.7 Å². The summed E-state index contributed by atoms with van der Waals surface area (Å²) >= 11 is 0. The van der Waals surface area contributed by atoms with Gasteiger partial charge in [0.25, 0.3) is 5.91 Å². The van der Waals surface area contributed by atoms with E-state index in [1.165, 1.54) is 0 Å². The third kappa shape index (κ3) is 5.30. The maximum absolute atomic E-state index is 13.0. The molecule has 1 aromatic heterocycles. The summed E-state index contributed by atoms with van der Waals surface area (Å²) < 4.78 is 12.9. The number of carbonyl (C=O) groups is 1. The Morgan fingerprint density at radius 2 is 1.97 bits per heavy atom. The van der Waals surface area contributed by atoms with E-state index in [0.29, 0.717) is 44.2 Å². The second kappa shape index (κ2) is 10.6. The molecule has 0 aliphatic carbocycles. The molecule has 0 spiro atoms. The summed E-state index contributed by atoms with van der Waals surface area (Å²) in [6.45, 7) is 4.60. The molecule has 7 nitrogen and oxygen atoms in total. The summed E-state index contributed by atoms with van der Waals surface area (Å²) in [4.78, 5) is 14.6. The van der Waals surface area contributed by atoms with Crippen molar-refractivity contribution in [2.75, 3.05) is 32.9 Å². The van der Waals surface area contributed by atoms with Crippen molar-refractivity contribution in [3.63, 3.8) is 0 Å². The first-order valence-corrected chi connectivity index (χ1v) is 11.1. The summed E-state index contributed by atoms with van der Waals surface area (Å²) in [7, 11) is 0. The molecule has 0 bridgehead atoms. The molecule has 3 aromatic rings. The Bertz CT molecular complexity index is 1170. The zero-order valence-electron chi connectivity index (χ0n) is 18.6. The predicted molar refractivity (Wildman–Crippen MR) is 126 cm³/mol. The largest absolute Gasteiger partial charge is 0.494 e. The molecular weight excluding hydrogens is 416 g/mol. The van der Waals surface area contributed by atoms with Crippen LogP contribution < -0.4 is 4.74 Å². The van der Waals surface area contributed by atoms with E-state index in [1.807, 2.05) is 60.8 Å². The minimum absolute atomic E-state index is 0.0733. The van der Waals surface area contributed by atoms with Gasteiger partial charge in [-0.2, -0.15) is 10.4 Å². The van der Waals surface area contributed by atoms with Gasteiger partial charge in [-0.05, 0) is 36.8 Å². The Kier molecular flexibility index (Phi) is 7.18. The number of hydrogen-bond donors (Lipinski definition) is 0. The SMILES string of the molecule is CCCOc1cccc(-c2nn(-c3ccccc3)cc2/C=C(/C#N)C(=O)N2CCOCC2)c1. The third-order valence-corrected chi connectivity index (χ3v) is 5.29. The van der Waals surface area contributed by atoms with Crippen molar-refractivity contribution in [3.8, 4) is 28.8 Å². The molecule has 7 heteroatoms. The van der Waals surface area contributed by atoms with Crippen LogP contribution in [-0.4, -0.2) is 53.5 Å². The Balaban J connectivity index is 1.76. The van der Waals surface area contributed by atoms with Gasteiger partial charge in [-0.25, -0.2) is 4.68 Å². The summed E-state index contributed by atoms with van der Waals surface area (Å²) in [5.41, 5.74) is 3.16. The minimum Gasteiger partial charge on any atom is -0.494 e. The summed E-state index contributed by atoms with van der Waals surface area (Å²) in [6.07, 6.45) is 4.38. The lowest BCUT2D eigenvalue weighted by molar-refractivity contribution is -0.130. The molecular formula is C26H26N4O3. The van der Waals surface area contributed by atoms with Crippen LogP contribution in [0.2, 0.25) is 0 Å². The second-order valence-electron chi connectivity index (χ2n) is 7.66. The van der Waals surface area contributed by atoms with Gasteiger partial charge >= 0.3 is 0 Å². The first-order valence-electron chi connectivity index (χ1n) is 11.1. The Morgan fingerprint density at radius 1 is 1.18 bits per heavy atom. The van der Waals surface area contributed by atoms with Crippen LogP contribution in [0.1, 0.15) is 18.9 Å². The lowest BCUT2D eigenvalue weighted by Gasteiger charge is -2.26. The number of rotatable bonds is 7. The first kappa shape index (κ1) is 22.3. The number of aromatic nitrogens is 2. The standard InChI is InChI=1S/C26H26N4O3/c1-2-13-33-24-10-6-7-20(17-24)25-22(19-30(28-25)23-8-4-3-5-9-23)16-21(18-27)26(31)29-11-14-32-15-12-29/h3-10,16-17,19H,2,11-15H2,1H3/b21-16-. The highest BCUT2D eigenvalue weighted by Crippen LogP contribution is 2.29. The first-order chi connectivity index (χ1) is 16.2. The van der Waals surface area contributed by atoms with Crippen LogP contribution in [0.25, 0.3) is 23.0 Å². The number of carbonyl (C=O) groups excluding carboxylic acids is 1. The molecule has 33 heavy (non-hydrogen) atoms. The van der Waals surface area contributed by atoms with Crippen LogP contribution in [0.5, 0.6) is 5.75 Å². The Morgan fingerprint density at radius 3 is 2.70 bits per heavy atom. The summed E-state index contributed by atoms with van der Waals surface area (Å²) in [6, 6.07) is 19.5. The summed E-state index contributed by atoms with van der Waals surface area (Å²) in [5, 5.41) is 14.6. The lowest BCUT2D eigenvalue weighted by Crippen LogP contribution is -2.41. The van der Waals surface area contributed by atoms with Crippen LogP contribution in [0.4, 0.5) is 0 Å². The van der Waals surface area contributed by atoms with Crippen molar-refractivity contribution < 1.29 is 14.3 Å². The number of benzene rings is 2. The number of nitrogens with zero attached hydrogens (tertiary/aromatic N) is 4. The van der Waals surface area contributed by atoms with Gasteiger partial charge in [0, 0.05) is 30.4 Å². The number of hydrogen-bond acceptors (Lipinski definition) is 5. The average Bonchev–Trinajstić information content (AvgIpc) is 3.31. The molecule has 1 fully saturated rings. The number of para-hydroxylation sites is 1. The molecule has 0 atom stereocenters. The Hall–Kier alpha value is -3.89. The van der Waals surface area contributed by atoms with Gasteiger partial charge in [0.1, 0.15) is 23.1 Å². The van der Waals surface area contributed by atoms with Crippen molar-refractivity contribution in [2.45, 2.75) is 13.3 Å². The maximum Gasteiger partial charge on any atom is 0.264 e. The van der Waals surface area contributed by atoms with Crippen LogP contribution >= 0.6 is 0 Å². The van der Waals surface area contributed by atoms with Gasteiger partial charge in [-0.1, -0.05) is 37.3 Å². The van der Waals surface area contributed by atoms with E-state index in [9.17, 15) is 10.1 Å². The quantitative estimate of drug-likeness (QED) is 0.407. The van der Waals surface area contributed by atoms with E-state index >= 15 is 0 Å². The fraction of sp³-hybridized carbons (Fsp3) is 0.269. The molecule has 4 rings (SSSR count). The molecule has 2 aromatic carbocycles. The van der Waals surface area contributed by atoms with E-state index in [2.05, 4.69) is 13.0 Å². The van der Waals surface area contributed by atoms with Crippen molar-refractivity contribution >= 4 is 12.0 Å². The average molecular weight is 443 g/mol. The normalized spacial score (nSPS) is 14.1. The van der Waals surface area contributed by atoms with Gasteiger partial charge in [-0.15, -0.1) is 0 Å². The molecule has 0 radical (unpaired) electrons. The van der Waals surface area contributed by atoms with Gasteiger partial charge in [0.15, 0.2) is 0 Å². The molecule has 1 amide bonds. The second-order valence-corrected chi connectivity index (χ2v) is 7.66. The van der Waals surface area contributed by atoms with Crippen molar-refractivity contribution in [2.24, 2.45) is 0 Å². The highest BCUT2D eigenvalue weighted by atomic mass is 16.5. The monoisotopic (exact) mass is 442 g/mol. The molecule has 2 heterocycles. The number of amides is 1. The third-order valence-electron chi connectivity index (χ3n) is 5.29. The van der Waals surface area contributed by atoms with E-state index in [0.717, 1.165) is 23.4 Å². The van der Waals surface area contributed by atoms with Gasteiger partial charge < -0.3 is 14.4 Å². The molecule has 0 saturated carbocycles. The molecule has 0 N–H and O–H groups in total. The summed E-state index contributed by atoms with van der Waals surface area (Å²) in [5.74, 6) is 0.461. The van der Waals surface area contributed by atoms with Crippen LogP contribution in [0, 0.1) is 11.3 Å². The maximum atomic E-state index is 13.0. The van der Waals surface area contributed by atoms with Gasteiger partial charge in [0.2, 0.25) is 0 Å². The molecule has 0 unspecified atom stereocenters. The zero-order chi connectivity index (χ0) is 23.0. The zero-order valence-corrected chi connectivity index (χ0v) is 18.6. The number of ether oxygens (including phenoxy) is 2. The predicted octanol–water partition coefficient (Wildman–Crippen LogP) is 4.09. The molecule has 168 valence electrons.